The summed E-state index contributed by atoms with van der Waals surface area (Å²) < 4.78 is 22.3. The predicted octanol–water partition coefficient (Wildman–Crippen LogP) is 6.87. The Morgan fingerprint density at radius 3 is 2.40 bits per heavy atom. The maximum Gasteiger partial charge on any atom is 0.248 e. The molecule has 1 amide bonds. The fourth-order valence-electron chi connectivity index (χ4n) is 3.96. The summed E-state index contributed by atoms with van der Waals surface area (Å²) >= 11 is 0. The van der Waals surface area contributed by atoms with Gasteiger partial charge in [0.15, 0.2) is 11.5 Å². The zero-order chi connectivity index (χ0) is 24.9. The van der Waals surface area contributed by atoms with Gasteiger partial charge in [-0.2, -0.15) is 0 Å². The molecular weight excluding hydrogens is 442 g/mol. The first-order valence-corrected chi connectivity index (χ1v) is 11.4. The Morgan fingerprint density at radius 1 is 0.971 bits per heavy atom. The number of fused-ring (bicyclic) bond motifs is 1. The van der Waals surface area contributed by atoms with E-state index < -0.39 is 0 Å². The molecule has 0 fully saturated rings. The molecule has 6 heteroatoms. The molecule has 0 spiro atoms. The van der Waals surface area contributed by atoms with E-state index in [0.29, 0.717) is 29.5 Å². The van der Waals surface area contributed by atoms with Crippen LogP contribution in [0.3, 0.4) is 0 Å². The largest absolute Gasteiger partial charge is 0.493 e. The lowest BCUT2D eigenvalue weighted by molar-refractivity contribution is -0.111. The van der Waals surface area contributed by atoms with Crippen molar-refractivity contribution in [3.8, 4) is 28.4 Å². The van der Waals surface area contributed by atoms with Crippen LogP contribution in [0.25, 0.3) is 27.7 Å². The van der Waals surface area contributed by atoms with E-state index in [1.54, 1.807) is 44.8 Å². The Balaban J connectivity index is 1.68. The molecule has 6 nitrogen and oxygen atoms in total. The highest BCUT2D eigenvalue weighted by Gasteiger charge is 2.15. The van der Waals surface area contributed by atoms with E-state index in [9.17, 15) is 4.79 Å². The van der Waals surface area contributed by atoms with Crippen molar-refractivity contribution in [1.82, 2.24) is 0 Å². The fraction of sp³-hybridized carbons (Fsp3) is 0.207. The van der Waals surface area contributed by atoms with Crippen molar-refractivity contribution in [1.29, 1.82) is 0 Å². The summed E-state index contributed by atoms with van der Waals surface area (Å²) in [5, 5.41) is 3.84. The first-order chi connectivity index (χ1) is 16.9. The minimum absolute atomic E-state index is 0.261. The molecule has 0 bridgehead atoms. The molecule has 3 aromatic carbocycles. The van der Waals surface area contributed by atoms with Gasteiger partial charge >= 0.3 is 0 Å². The fourth-order valence-corrected chi connectivity index (χ4v) is 3.96. The number of hydrogen-bond donors (Lipinski definition) is 1. The Labute approximate surface area is 205 Å². The molecule has 0 unspecified atom stereocenters. The summed E-state index contributed by atoms with van der Waals surface area (Å²) in [6, 6.07) is 17.4. The normalized spacial score (nSPS) is 11.4. The molecule has 0 saturated carbocycles. The van der Waals surface area contributed by atoms with E-state index in [4.69, 9.17) is 18.6 Å². The van der Waals surface area contributed by atoms with Crippen LogP contribution in [0.2, 0.25) is 0 Å². The Kier molecular flexibility index (Phi) is 7.11. The van der Waals surface area contributed by atoms with Crippen molar-refractivity contribution >= 4 is 28.1 Å². The van der Waals surface area contributed by atoms with Crippen molar-refractivity contribution in [3.63, 3.8) is 0 Å². The lowest BCUT2D eigenvalue weighted by Crippen LogP contribution is -2.09. The number of methoxy groups -OCH3 is 2. The van der Waals surface area contributed by atoms with Crippen LogP contribution in [0, 0.1) is 6.92 Å². The quantitative estimate of drug-likeness (QED) is 0.284. The van der Waals surface area contributed by atoms with Crippen LogP contribution in [-0.4, -0.2) is 26.7 Å². The second-order valence-corrected chi connectivity index (χ2v) is 8.18. The number of furan rings is 1. The van der Waals surface area contributed by atoms with Gasteiger partial charge in [0.05, 0.1) is 27.1 Å². The lowest BCUT2D eigenvalue weighted by Gasteiger charge is -2.12. The number of rotatable bonds is 8. The molecule has 0 aliphatic carbocycles. The number of nitrogens with one attached hydrogen (secondary N) is 1. The third-order valence-corrected chi connectivity index (χ3v) is 5.76. The lowest BCUT2D eigenvalue weighted by atomic mass is 9.98. The van der Waals surface area contributed by atoms with Gasteiger partial charge < -0.3 is 23.9 Å². The molecule has 1 N–H and O–H groups in total. The van der Waals surface area contributed by atoms with E-state index in [0.717, 1.165) is 33.2 Å². The number of anilines is 1. The number of allylic oxidation sites excluding steroid dienone is 1. The molecule has 0 aliphatic rings. The number of ether oxygens (including phenoxy) is 3. The minimum Gasteiger partial charge on any atom is -0.493 e. The van der Waals surface area contributed by atoms with Crippen LogP contribution in [0.5, 0.6) is 17.2 Å². The molecule has 0 aliphatic heterocycles. The second-order valence-electron chi connectivity index (χ2n) is 8.18. The van der Waals surface area contributed by atoms with Gasteiger partial charge in [0.2, 0.25) is 5.91 Å². The van der Waals surface area contributed by atoms with Crippen molar-refractivity contribution in [3.05, 3.63) is 78.1 Å². The van der Waals surface area contributed by atoms with E-state index >= 15 is 0 Å². The highest BCUT2D eigenvalue weighted by molar-refractivity contribution is 6.05. The summed E-state index contributed by atoms with van der Waals surface area (Å²) in [6.07, 6.45) is 3.32. The van der Waals surface area contributed by atoms with Crippen molar-refractivity contribution < 1.29 is 23.4 Å². The van der Waals surface area contributed by atoms with E-state index in [-0.39, 0.29) is 5.91 Å². The van der Waals surface area contributed by atoms with Crippen LogP contribution >= 0.6 is 0 Å². The average Bonchev–Trinajstić information content (AvgIpc) is 3.26. The van der Waals surface area contributed by atoms with Gasteiger partial charge in [0.1, 0.15) is 11.3 Å². The molecule has 35 heavy (non-hydrogen) atoms. The van der Waals surface area contributed by atoms with Gasteiger partial charge in [0.25, 0.3) is 0 Å². The van der Waals surface area contributed by atoms with Gasteiger partial charge in [-0.1, -0.05) is 29.8 Å². The van der Waals surface area contributed by atoms with Gasteiger partial charge in [-0.15, -0.1) is 0 Å². The third kappa shape index (κ3) is 5.17. The van der Waals surface area contributed by atoms with Crippen LogP contribution in [0.4, 0.5) is 5.69 Å². The number of carbonyl (C=O) groups excluding carboxylic acids is 1. The first kappa shape index (κ1) is 24.0. The second kappa shape index (κ2) is 10.4. The van der Waals surface area contributed by atoms with Crippen molar-refractivity contribution in [2.24, 2.45) is 0 Å². The first-order valence-electron chi connectivity index (χ1n) is 11.4. The van der Waals surface area contributed by atoms with E-state index in [1.807, 2.05) is 26.0 Å². The molecule has 180 valence electrons. The highest BCUT2D eigenvalue weighted by atomic mass is 16.5. The van der Waals surface area contributed by atoms with Gasteiger partial charge in [0, 0.05) is 40.4 Å². The van der Waals surface area contributed by atoms with E-state index in [2.05, 4.69) is 36.5 Å². The zero-order valence-corrected chi connectivity index (χ0v) is 20.6. The summed E-state index contributed by atoms with van der Waals surface area (Å²) in [4.78, 5) is 12.8. The number of carbonyl (C=O) groups is 1. The molecular formula is C29H29NO5. The van der Waals surface area contributed by atoms with Gasteiger partial charge in [-0.05, 0) is 50.1 Å². The summed E-state index contributed by atoms with van der Waals surface area (Å²) in [5.41, 5.74) is 6.19. The minimum atomic E-state index is -0.261. The molecule has 4 aromatic rings. The predicted molar refractivity (Wildman–Crippen MR) is 139 cm³/mol. The average molecular weight is 472 g/mol. The zero-order valence-electron chi connectivity index (χ0n) is 20.6. The molecule has 1 aromatic heterocycles. The smallest absolute Gasteiger partial charge is 0.248 e. The topological polar surface area (TPSA) is 69.9 Å². The summed E-state index contributed by atoms with van der Waals surface area (Å²) in [6.45, 7) is 6.38. The maximum atomic E-state index is 12.8. The number of benzene rings is 3. The van der Waals surface area contributed by atoms with Crippen LogP contribution in [-0.2, 0) is 4.79 Å². The maximum absolute atomic E-state index is 12.8. The third-order valence-electron chi connectivity index (χ3n) is 5.76. The Bertz CT molecular complexity index is 1380. The molecule has 0 saturated heterocycles. The van der Waals surface area contributed by atoms with Crippen LogP contribution in [0.1, 0.15) is 25.0 Å². The Hall–Kier alpha value is -4.19. The van der Waals surface area contributed by atoms with Gasteiger partial charge in [-0.25, -0.2) is 0 Å². The number of hydrogen-bond acceptors (Lipinski definition) is 5. The monoisotopic (exact) mass is 471 g/mol. The molecule has 1 heterocycles. The summed E-state index contributed by atoms with van der Waals surface area (Å²) in [7, 11) is 3.12. The highest BCUT2D eigenvalue weighted by Crippen LogP contribution is 2.37. The van der Waals surface area contributed by atoms with Crippen molar-refractivity contribution in [2.45, 2.75) is 20.8 Å². The van der Waals surface area contributed by atoms with Gasteiger partial charge in [-0.3, -0.25) is 4.79 Å². The molecule has 4 rings (SSSR count). The summed E-state index contributed by atoms with van der Waals surface area (Å²) in [5.74, 6) is 1.54. The van der Waals surface area contributed by atoms with Crippen LogP contribution in [0.15, 0.2) is 71.4 Å². The molecule has 0 radical (unpaired) electrons. The van der Waals surface area contributed by atoms with E-state index in [1.165, 1.54) is 5.56 Å². The SMILES string of the molecule is CCOc1cc2occ(-c3ccc(C)cc3)c2cc1/C(C)=C/C(=O)Nc1ccc(OC)c(OC)c1. The molecule has 0 atom stereocenters. The van der Waals surface area contributed by atoms with Crippen molar-refractivity contribution in [2.75, 3.05) is 26.1 Å². The number of aryl methyl sites for hydroxylation is 1. The Morgan fingerprint density at radius 2 is 1.71 bits per heavy atom. The van der Waals surface area contributed by atoms with Crippen LogP contribution < -0.4 is 19.5 Å². The number of amides is 1. The standard InChI is InChI=1S/C29H29NO5/c1-6-34-26-16-27-23(24(17-35-27)20-9-7-18(2)8-10-20)15-22(26)19(3)13-29(31)30-21-11-12-25(32-4)28(14-21)33-5/h7-17H,6H2,1-5H3,(H,30,31)/b19-13+.